The number of anilines is 1. The number of nitrogens with one attached hydrogen (secondary N) is 1. The molecule has 0 saturated carbocycles. The van der Waals surface area contributed by atoms with Crippen LogP contribution in [0.15, 0.2) is 12.1 Å². The van der Waals surface area contributed by atoms with Crippen molar-refractivity contribution in [2.75, 3.05) is 32.1 Å². The van der Waals surface area contributed by atoms with Gasteiger partial charge in [0.1, 0.15) is 5.82 Å². The fourth-order valence-electron chi connectivity index (χ4n) is 2.17. The summed E-state index contributed by atoms with van der Waals surface area (Å²) in [7, 11) is 1.86. The molecule has 0 bridgehead atoms. The molecule has 2 rings (SSSR count). The maximum atomic E-state index is 6.20. The molecule has 4 nitrogen and oxygen atoms in total. The van der Waals surface area contributed by atoms with Crippen molar-refractivity contribution in [1.82, 2.24) is 9.88 Å². The average molecular weight is 270 g/mol. The second kappa shape index (κ2) is 6.36. The smallest absolute Gasteiger partial charge is 0.126 e. The SMILES string of the molecule is CNc1ccc(Cl)c(CN2CCCOC(C)C2)n1. The van der Waals surface area contributed by atoms with Crippen molar-refractivity contribution < 1.29 is 4.74 Å². The van der Waals surface area contributed by atoms with E-state index in [0.29, 0.717) is 0 Å². The van der Waals surface area contributed by atoms with Gasteiger partial charge in [0.15, 0.2) is 0 Å². The minimum Gasteiger partial charge on any atom is -0.377 e. The van der Waals surface area contributed by atoms with E-state index >= 15 is 0 Å². The Bertz CT molecular complexity index is 400. The molecule has 1 aromatic heterocycles. The van der Waals surface area contributed by atoms with Gasteiger partial charge in [0.05, 0.1) is 16.8 Å². The number of nitrogens with zero attached hydrogens (tertiary/aromatic N) is 2. The largest absolute Gasteiger partial charge is 0.377 e. The summed E-state index contributed by atoms with van der Waals surface area (Å²) in [5, 5.41) is 3.77. The van der Waals surface area contributed by atoms with E-state index in [-0.39, 0.29) is 6.10 Å². The van der Waals surface area contributed by atoms with Crippen molar-refractivity contribution in [1.29, 1.82) is 0 Å². The van der Waals surface area contributed by atoms with Gasteiger partial charge in [-0.1, -0.05) is 11.6 Å². The average Bonchev–Trinajstić information content (AvgIpc) is 2.56. The van der Waals surface area contributed by atoms with Crippen LogP contribution in [0, 0.1) is 0 Å². The zero-order valence-electron chi connectivity index (χ0n) is 10.9. The van der Waals surface area contributed by atoms with Gasteiger partial charge < -0.3 is 10.1 Å². The Kier molecular flexibility index (Phi) is 4.80. The number of halogens is 1. The standard InChI is InChI=1S/C13H20ClN3O/c1-10-8-17(6-3-7-18-10)9-12-11(14)4-5-13(15-2)16-12/h4-5,10H,3,6-9H2,1-2H3,(H,15,16). The van der Waals surface area contributed by atoms with Gasteiger partial charge in [-0.05, 0) is 25.5 Å². The molecule has 0 radical (unpaired) electrons. The third-order valence-electron chi connectivity index (χ3n) is 3.08. The Balaban J connectivity index is 2.07. The van der Waals surface area contributed by atoms with Crippen molar-refractivity contribution >= 4 is 17.4 Å². The first kappa shape index (κ1) is 13.6. The third kappa shape index (κ3) is 3.57. The number of hydrogen-bond acceptors (Lipinski definition) is 4. The molecule has 100 valence electrons. The van der Waals surface area contributed by atoms with Crippen molar-refractivity contribution in [2.24, 2.45) is 0 Å². The van der Waals surface area contributed by atoms with Gasteiger partial charge in [-0.3, -0.25) is 4.90 Å². The molecule has 0 aromatic carbocycles. The van der Waals surface area contributed by atoms with Crippen LogP contribution in [0.2, 0.25) is 5.02 Å². The van der Waals surface area contributed by atoms with Gasteiger partial charge in [-0.25, -0.2) is 4.98 Å². The van der Waals surface area contributed by atoms with E-state index < -0.39 is 0 Å². The molecule has 0 spiro atoms. The van der Waals surface area contributed by atoms with E-state index in [4.69, 9.17) is 16.3 Å². The molecule has 18 heavy (non-hydrogen) atoms. The first-order valence-electron chi connectivity index (χ1n) is 6.36. The van der Waals surface area contributed by atoms with Crippen LogP contribution in [-0.4, -0.2) is 42.7 Å². The fraction of sp³-hybridized carbons (Fsp3) is 0.615. The van der Waals surface area contributed by atoms with Gasteiger partial charge in [-0.2, -0.15) is 0 Å². The molecule has 1 aliphatic rings. The molecule has 1 atom stereocenters. The summed E-state index contributed by atoms with van der Waals surface area (Å²) in [6, 6.07) is 3.79. The zero-order chi connectivity index (χ0) is 13.0. The van der Waals surface area contributed by atoms with Crippen LogP contribution in [0.1, 0.15) is 19.0 Å². The first-order valence-corrected chi connectivity index (χ1v) is 6.74. The van der Waals surface area contributed by atoms with E-state index in [0.717, 1.165) is 49.2 Å². The van der Waals surface area contributed by atoms with Crippen molar-refractivity contribution in [3.8, 4) is 0 Å². The highest BCUT2D eigenvalue weighted by molar-refractivity contribution is 6.31. The Morgan fingerprint density at radius 3 is 3.17 bits per heavy atom. The summed E-state index contributed by atoms with van der Waals surface area (Å²) in [5.41, 5.74) is 0.928. The van der Waals surface area contributed by atoms with Gasteiger partial charge in [0.2, 0.25) is 0 Å². The predicted octanol–water partition coefficient (Wildman–Crippen LogP) is 2.39. The van der Waals surface area contributed by atoms with E-state index in [2.05, 4.69) is 22.1 Å². The summed E-state index contributed by atoms with van der Waals surface area (Å²) in [5.74, 6) is 0.855. The van der Waals surface area contributed by atoms with Crippen LogP contribution >= 0.6 is 11.6 Å². The molecule has 0 aliphatic carbocycles. The predicted molar refractivity (Wildman–Crippen MR) is 74.1 cm³/mol. The lowest BCUT2D eigenvalue weighted by Gasteiger charge is -2.21. The second-order valence-electron chi connectivity index (χ2n) is 4.65. The monoisotopic (exact) mass is 269 g/mol. The molecule has 1 aliphatic heterocycles. The lowest BCUT2D eigenvalue weighted by atomic mass is 10.3. The van der Waals surface area contributed by atoms with E-state index in [1.807, 2.05) is 19.2 Å². The molecule has 2 heterocycles. The van der Waals surface area contributed by atoms with E-state index in [1.54, 1.807) is 0 Å². The van der Waals surface area contributed by atoms with Gasteiger partial charge >= 0.3 is 0 Å². The Labute approximate surface area is 113 Å². The highest BCUT2D eigenvalue weighted by atomic mass is 35.5. The lowest BCUT2D eigenvalue weighted by molar-refractivity contribution is 0.0666. The number of ether oxygens (including phenoxy) is 1. The summed E-state index contributed by atoms with van der Waals surface area (Å²) in [4.78, 5) is 6.87. The van der Waals surface area contributed by atoms with Crippen LogP contribution in [0.4, 0.5) is 5.82 Å². The van der Waals surface area contributed by atoms with Crippen LogP contribution in [0.3, 0.4) is 0 Å². The zero-order valence-corrected chi connectivity index (χ0v) is 11.7. The Morgan fingerprint density at radius 2 is 2.39 bits per heavy atom. The molecule has 1 aromatic rings. The van der Waals surface area contributed by atoms with Crippen molar-refractivity contribution in [3.63, 3.8) is 0 Å². The topological polar surface area (TPSA) is 37.4 Å². The second-order valence-corrected chi connectivity index (χ2v) is 5.05. The molecule has 1 unspecified atom stereocenters. The number of hydrogen-bond donors (Lipinski definition) is 1. The Morgan fingerprint density at radius 1 is 1.56 bits per heavy atom. The molecular weight excluding hydrogens is 250 g/mol. The van der Waals surface area contributed by atoms with Gasteiger partial charge in [0.25, 0.3) is 0 Å². The molecule has 5 heteroatoms. The Hall–Kier alpha value is -0.840. The van der Waals surface area contributed by atoms with Crippen LogP contribution in [0.25, 0.3) is 0 Å². The summed E-state index contributed by atoms with van der Waals surface area (Å²) < 4.78 is 5.64. The minimum absolute atomic E-state index is 0.277. The summed E-state index contributed by atoms with van der Waals surface area (Å²) in [6.07, 6.45) is 1.34. The van der Waals surface area contributed by atoms with Crippen molar-refractivity contribution in [2.45, 2.75) is 26.0 Å². The first-order chi connectivity index (χ1) is 8.69. The highest BCUT2D eigenvalue weighted by Gasteiger charge is 2.16. The van der Waals surface area contributed by atoms with E-state index in [9.17, 15) is 0 Å². The van der Waals surface area contributed by atoms with Crippen molar-refractivity contribution in [3.05, 3.63) is 22.8 Å². The molecule has 0 amide bonds. The number of aromatic nitrogens is 1. The van der Waals surface area contributed by atoms with Crippen LogP contribution < -0.4 is 5.32 Å². The highest BCUT2D eigenvalue weighted by Crippen LogP contribution is 2.19. The quantitative estimate of drug-likeness (QED) is 0.914. The fourth-order valence-corrected chi connectivity index (χ4v) is 2.34. The van der Waals surface area contributed by atoms with Crippen LogP contribution in [-0.2, 0) is 11.3 Å². The van der Waals surface area contributed by atoms with Gasteiger partial charge in [0, 0.05) is 33.3 Å². The van der Waals surface area contributed by atoms with Crippen LogP contribution in [0.5, 0.6) is 0 Å². The molecular formula is C13H20ClN3O. The summed E-state index contributed by atoms with van der Waals surface area (Å²) >= 11 is 6.20. The normalized spacial score (nSPS) is 21.6. The molecule has 1 fully saturated rings. The minimum atomic E-state index is 0.277. The van der Waals surface area contributed by atoms with E-state index in [1.165, 1.54) is 0 Å². The number of rotatable bonds is 3. The maximum absolute atomic E-state index is 6.20. The summed E-state index contributed by atoms with van der Waals surface area (Å²) in [6.45, 7) is 5.70. The third-order valence-corrected chi connectivity index (χ3v) is 3.43. The lowest BCUT2D eigenvalue weighted by Crippen LogP contribution is -2.30. The molecule has 1 N–H and O–H groups in total. The maximum Gasteiger partial charge on any atom is 0.126 e. The molecule has 1 saturated heterocycles. The van der Waals surface area contributed by atoms with Gasteiger partial charge in [-0.15, -0.1) is 0 Å². The number of pyridine rings is 1.